The van der Waals surface area contributed by atoms with Crippen LogP contribution in [0.25, 0.3) is 0 Å². The van der Waals surface area contributed by atoms with E-state index in [4.69, 9.17) is 0 Å². The topological polar surface area (TPSA) is 18.5 Å². The van der Waals surface area contributed by atoms with Crippen molar-refractivity contribution in [3.8, 4) is 0 Å². The first-order valence-electron chi connectivity index (χ1n) is 7.48. The van der Waals surface area contributed by atoms with Gasteiger partial charge in [-0.05, 0) is 59.3 Å². The summed E-state index contributed by atoms with van der Waals surface area (Å²) >= 11 is 0. The largest absolute Gasteiger partial charge is 0.315 e. The highest BCUT2D eigenvalue weighted by Crippen LogP contribution is 2.32. The maximum atomic E-state index is 3.53. The van der Waals surface area contributed by atoms with E-state index in [0.29, 0.717) is 12.1 Å². The summed E-state index contributed by atoms with van der Waals surface area (Å²) in [4.78, 5) is 4.84. The molecule has 0 heterocycles. The van der Waals surface area contributed by atoms with Crippen molar-refractivity contribution in [1.29, 1.82) is 0 Å². The van der Waals surface area contributed by atoms with Crippen molar-refractivity contribution in [3.63, 3.8) is 0 Å². The molecule has 0 aromatic heterocycles. The quantitative estimate of drug-likeness (QED) is 0.782. The lowest BCUT2D eigenvalue weighted by Crippen LogP contribution is -2.52. The molecule has 0 amide bonds. The molecule has 0 aliphatic heterocycles. The molecule has 1 aliphatic rings. The molecule has 3 heteroatoms. The van der Waals surface area contributed by atoms with Crippen LogP contribution in [0.1, 0.15) is 33.1 Å². The lowest BCUT2D eigenvalue weighted by Gasteiger charge is -2.42. The summed E-state index contributed by atoms with van der Waals surface area (Å²) in [5.74, 6) is 1.73. The fraction of sp³-hybridized carbons (Fsp3) is 1.00. The van der Waals surface area contributed by atoms with Crippen LogP contribution in [0.15, 0.2) is 0 Å². The van der Waals surface area contributed by atoms with Crippen LogP contribution in [0, 0.1) is 11.8 Å². The zero-order valence-corrected chi connectivity index (χ0v) is 13.2. The summed E-state index contributed by atoms with van der Waals surface area (Å²) in [6, 6.07) is 1.38. The van der Waals surface area contributed by atoms with Crippen LogP contribution in [0.5, 0.6) is 0 Å². The van der Waals surface area contributed by atoms with Crippen LogP contribution in [-0.4, -0.2) is 63.2 Å². The molecule has 1 saturated carbocycles. The minimum absolute atomic E-state index is 0.673. The highest BCUT2D eigenvalue weighted by molar-refractivity contribution is 4.90. The molecule has 3 atom stereocenters. The number of rotatable bonds is 6. The van der Waals surface area contributed by atoms with Gasteiger partial charge in [-0.25, -0.2) is 0 Å². The number of hydrogen-bond donors (Lipinski definition) is 1. The summed E-state index contributed by atoms with van der Waals surface area (Å²) in [7, 11) is 8.72. The highest BCUT2D eigenvalue weighted by Gasteiger charge is 2.33. The Morgan fingerprint density at radius 2 is 1.78 bits per heavy atom. The van der Waals surface area contributed by atoms with Gasteiger partial charge in [-0.2, -0.15) is 0 Å². The van der Waals surface area contributed by atoms with Gasteiger partial charge >= 0.3 is 0 Å². The molecule has 0 bridgehead atoms. The van der Waals surface area contributed by atoms with Gasteiger partial charge in [0.05, 0.1) is 0 Å². The van der Waals surface area contributed by atoms with Gasteiger partial charge < -0.3 is 15.1 Å². The van der Waals surface area contributed by atoms with E-state index in [9.17, 15) is 0 Å². The Morgan fingerprint density at radius 3 is 2.28 bits per heavy atom. The van der Waals surface area contributed by atoms with Crippen molar-refractivity contribution in [2.45, 2.75) is 45.2 Å². The number of likely N-dealkylation sites (N-methyl/N-ethyl adjacent to an activating group) is 3. The third-order valence-electron chi connectivity index (χ3n) is 4.64. The lowest BCUT2D eigenvalue weighted by atomic mass is 9.76. The fourth-order valence-corrected chi connectivity index (χ4v) is 3.13. The average molecular weight is 255 g/mol. The summed E-state index contributed by atoms with van der Waals surface area (Å²) in [5.41, 5.74) is 0. The Hall–Kier alpha value is -0.120. The Morgan fingerprint density at radius 1 is 1.11 bits per heavy atom. The molecule has 108 valence electrons. The zero-order valence-electron chi connectivity index (χ0n) is 13.2. The van der Waals surface area contributed by atoms with Crippen LogP contribution in [0.2, 0.25) is 0 Å². The van der Waals surface area contributed by atoms with Gasteiger partial charge in [0.2, 0.25) is 0 Å². The maximum Gasteiger partial charge on any atom is 0.0249 e. The normalized spacial score (nSPS) is 29.5. The first-order chi connectivity index (χ1) is 8.45. The van der Waals surface area contributed by atoms with Gasteiger partial charge in [0.25, 0.3) is 0 Å². The predicted molar refractivity (Wildman–Crippen MR) is 80.0 cm³/mol. The van der Waals surface area contributed by atoms with E-state index < -0.39 is 0 Å². The van der Waals surface area contributed by atoms with Gasteiger partial charge in [-0.15, -0.1) is 0 Å². The fourth-order valence-electron chi connectivity index (χ4n) is 3.13. The van der Waals surface area contributed by atoms with Crippen LogP contribution in [0.3, 0.4) is 0 Å². The summed E-state index contributed by atoms with van der Waals surface area (Å²) < 4.78 is 0. The second-order valence-corrected chi connectivity index (χ2v) is 6.56. The van der Waals surface area contributed by atoms with E-state index in [2.05, 4.69) is 57.2 Å². The molecule has 1 aliphatic carbocycles. The summed E-state index contributed by atoms with van der Waals surface area (Å²) in [6.07, 6.45) is 4.07. The van der Waals surface area contributed by atoms with Crippen molar-refractivity contribution in [3.05, 3.63) is 0 Å². The lowest BCUT2D eigenvalue weighted by molar-refractivity contribution is 0.100. The van der Waals surface area contributed by atoms with Crippen molar-refractivity contribution >= 4 is 0 Å². The second kappa shape index (κ2) is 7.46. The van der Waals surface area contributed by atoms with Crippen molar-refractivity contribution in [2.75, 3.05) is 41.3 Å². The molecule has 1 fully saturated rings. The van der Waals surface area contributed by atoms with Crippen molar-refractivity contribution in [1.82, 2.24) is 15.1 Å². The molecule has 3 nitrogen and oxygen atoms in total. The average Bonchev–Trinajstić information content (AvgIpc) is 2.34. The zero-order chi connectivity index (χ0) is 13.7. The van der Waals surface area contributed by atoms with Gasteiger partial charge in [0, 0.05) is 25.2 Å². The van der Waals surface area contributed by atoms with E-state index in [1.54, 1.807) is 0 Å². The molecular formula is C15H33N3. The summed E-state index contributed by atoms with van der Waals surface area (Å²) in [5, 5.41) is 3.53. The van der Waals surface area contributed by atoms with E-state index in [0.717, 1.165) is 18.4 Å². The molecular weight excluding hydrogens is 222 g/mol. The van der Waals surface area contributed by atoms with Crippen molar-refractivity contribution in [2.24, 2.45) is 11.8 Å². The summed E-state index contributed by atoms with van der Waals surface area (Å²) in [6.45, 7) is 7.07. The van der Waals surface area contributed by atoms with Crippen molar-refractivity contribution < 1.29 is 0 Å². The monoisotopic (exact) mass is 255 g/mol. The van der Waals surface area contributed by atoms with Crippen LogP contribution < -0.4 is 5.32 Å². The minimum atomic E-state index is 0.673. The molecule has 3 unspecified atom stereocenters. The molecule has 0 aromatic carbocycles. The Kier molecular flexibility index (Phi) is 6.61. The highest BCUT2D eigenvalue weighted by atomic mass is 15.2. The standard InChI is InChI=1S/C15H33N3/c1-12(2)13-7-8-14(16-3)15(11-13)18(6)10-9-17(4)5/h12-16H,7-11H2,1-6H3. The maximum absolute atomic E-state index is 3.53. The Labute approximate surface area is 114 Å². The number of nitrogens with one attached hydrogen (secondary N) is 1. The van der Waals surface area contributed by atoms with Gasteiger partial charge in [0.1, 0.15) is 0 Å². The Balaban J connectivity index is 2.56. The SMILES string of the molecule is CNC1CCC(C(C)C)CC1N(C)CCN(C)C. The molecule has 1 N–H and O–H groups in total. The van der Waals surface area contributed by atoms with E-state index >= 15 is 0 Å². The minimum Gasteiger partial charge on any atom is -0.315 e. The molecule has 18 heavy (non-hydrogen) atoms. The number of hydrogen-bond acceptors (Lipinski definition) is 3. The van der Waals surface area contributed by atoms with Gasteiger partial charge in [0.15, 0.2) is 0 Å². The van der Waals surface area contributed by atoms with Crippen LogP contribution in [0.4, 0.5) is 0 Å². The molecule has 0 spiro atoms. The first kappa shape index (κ1) is 15.9. The Bertz CT molecular complexity index is 228. The van der Waals surface area contributed by atoms with Gasteiger partial charge in [-0.3, -0.25) is 0 Å². The molecule has 0 aromatic rings. The molecule has 0 radical (unpaired) electrons. The van der Waals surface area contributed by atoms with Crippen LogP contribution >= 0.6 is 0 Å². The predicted octanol–water partition coefficient (Wildman–Crippen LogP) is 1.89. The number of nitrogens with zero attached hydrogens (tertiary/aromatic N) is 2. The molecule has 1 rings (SSSR count). The smallest absolute Gasteiger partial charge is 0.0249 e. The van der Waals surface area contributed by atoms with E-state index in [1.807, 2.05) is 0 Å². The van der Waals surface area contributed by atoms with Crippen LogP contribution in [-0.2, 0) is 0 Å². The first-order valence-corrected chi connectivity index (χ1v) is 7.48. The third-order valence-corrected chi connectivity index (χ3v) is 4.64. The van der Waals surface area contributed by atoms with Gasteiger partial charge in [-0.1, -0.05) is 13.8 Å². The second-order valence-electron chi connectivity index (χ2n) is 6.56. The van der Waals surface area contributed by atoms with E-state index in [1.165, 1.54) is 25.8 Å². The van der Waals surface area contributed by atoms with E-state index in [-0.39, 0.29) is 0 Å². The third kappa shape index (κ3) is 4.52. The molecule has 0 saturated heterocycles.